The van der Waals surface area contributed by atoms with E-state index in [9.17, 15) is 22.7 Å². The van der Waals surface area contributed by atoms with Crippen LogP contribution in [0, 0.1) is 5.82 Å². The summed E-state index contributed by atoms with van der Waals surface area (Å²) >= 11 is 6.14. The first kappa shape index (κ1) is 24.6. The first-order valence-electron chi connectivity index (χ1n) is 10.9. The molecule has 3 N–H and O–H groups in total. The first-order chi connectivity index (χ1) is 17.6. The van der Waals surface area contributed by atoms with Crippen LogP contribution in [0.3, 0.4) is 0 Å². The van der Waals surface area contributed by atoms with Crippen molar-refractivity contribution < 1.29 is 22.7 Å². The molecule has 5 aromatic rings. The number of sulfonamides is 1. The number of aromatic nitrogens is 3. The maximum absolute atomic E-state index is 13.6. The fourth-order valence-electron chi connectivity index (χ4n) is 4.30. The van der Waals surface area contributed by atoms with E-state index in [-0.39, 0.29) is 28.4 Å². The Labute approximate surface area is 215 Å². The number of aromatic carboxylic acids is 1. The Hall–Kier alpha value is -4.12. The number of pyridine rings is 2. The third-order valence-electron chi connectivity index (χ3n) is 5.89. The number of nitrogens with zero attached hydrogens (tertiary/aromatic N) is 3. The van der Waals surface area contributed by atoms with E-state index in [1.165, 1.54) is 24.3 Å². The van der Waals surface area contributed by atoms with E-state index in [1.54, 1.807) is 47.4 Å². The molecule has 0 aliphatic rings. The smallest absolute Gasteiger partial charge is 0.336 e. The van der Waals surface area contributed by atoms with Gasteiger partial charge in [0.2, 0.25) is 10.0 Å². The van der Waals surface area contributed by atoms with Crippen molar-refractivity contribution in [3.05, 3.63) is 107 Å². The van der Waals surface area contributed by atoms with Crippen molar-refractivity contribution in [1.82, 2.24) is 14.6 Å². The Morgan fingerprint density at radius 1 is 1.03 bits per heavy atom. The summed E-state index contributed by atoms with van der Waals surface area (Å²) in [5, 5.41) is 19.6. The number of benzene rings is 2. The number of hydrogen-bond donors (Lipinski definition) is 2. The van der Waals surface area contributed by atoms with Crippen molar-refractivity contribution in [2.45, 2.75) is 11.3 Å². The number of carbonyl (C=O) groups is 1. The van der Waals surface area contributed by atoms with Gasteiger partial charge in [0.1, 0.15) is 16.4 Å². The number of hydrogen-bond acceptors (Lipinski definition) is 5. The number of halogens is 2. The lowest BCUT2D eigenvalue weighted by molar-refractivity contribution is 0.0695. The molecule has 0 spiro atoms. The molecule has 0 aliphatic heterocycles. The van der Waals surface area contributed by atoms with Crippen LogP contribution >= 0.6 is 11.6 Å². The Kier molecular flexibility index (Phi) is 6.24. The van der Waals surface area contributed by atoms with Crippen molar-refractivity contribution in [2.75, 3.05) is 0 Å². The molecule has 0 saturated heterocycles. The molecule has 37 heavy (non-hydrogen) atoms. The topological polar surface area (TPSA) is 128 Å². The molecule has 0 bridgehead atoms. The Balaban J connectivity index is 1.73. The lowest BCUT2D eigenvalue weighted by Gasteiger charge is -2.13. The van der Waals surface area contributed by atoms with Gasteiger partial charge in [-0.05, 0) is 83.8 Å². The summed E-state index contributed by atoms with van der Waals surface area (Å²) < 4.78 is 39.9. The fourth-order valence-corrected chi connectivity index (χ4v) is 5.66. The van der Waals surface area contributed by atoms with E-state index in [4.69, 9.17) is 21.8 Å². The van der Waals surface area contributed by atoms with Gasteiger partial charge < -0.3 is 5.11 Å². The minimum atomic E-state index is -4.32. The predicted molar refractivity (Wildman–Crippen MR) is 136 cm³/mol. The number of nitrogens with two attached hydrogens (primary N) is 1. The highest BCUT2D eigenvalue weighted by Gasteiger charge is 2.25. The third kappa shape index (κ3) is 4.69. The van der Waals surface area contributed by atoms with Gasteiger partial charge in [0.05, 0.1) is 16.1 Å². The van der Waals surface area contributed by atoms with Crippen LogP contribution in [0.4, 0.5) is 4.39 Å². The average molecular weight is 537 g/mol. The number of fused-ring (bicyclic) bond motifs is 1. The van der Waals surface area contributed by atoms with E-state index < -0.39 is 20.9 Å². The summed E-state index contributed by atoms with van der Waals surface area (Å²) in [6, 6.07) is 15.5. The molecule has 0 saturated carbocycles. The van der Waals surface area contributed by atoms with E-state index in [0.29, 0.717) is 22.3 Å². The maximum atomic E-state index is 13.6. The molecule has 8 nitrogen and oxygen atoms in total. The highest BCUT2D eigenvalue weighted by molar-refractivity contribution is 7.89. The maximum Gasteiger partial charge on any atom is 0.336 e. The van der Waals surface area contributed by atoms with Crippen LogP contribution in [0.15, 0.2) is 84.1 Å². The molecule has 0 aliphatic carbocycles. The van der Waals surface area contributed by atoms with Crippen molar-refractivity contribution in [1.29, 1.82) is 0 Å². The van der Waals surface area contributed by atoms with Crippen LogP contribution < -0.4 is 5.14 Å². The van der Waals surface area contributed by atoms with Crippen LogP contribution in [0.2, 0.25) is 5.02 Å². The predicted octanol–water partition coefficient (Wildman–Crippen LogP) is 4.79. The minimum absolute atomic E-state index is 0.0180. The normalized spacial score (nSPS) is 11.6. The molecule has 11 heteroatoms. The Bertz CT molecular complexity index is 1770. The molecule has 3 aromatic heterocycles. The van der Waals surface area contributed by atoms with Crippen LogP contribution in [0.1, 0.15) is 21.5 Å². The molecule has 0 amide bonds. The molecule has 5 rings (SSSR count). The number of rotatable bonds is 6. The highest BCUT2D eigenvalue weighted by Crippen LogP contribution is 2.36. The molecule has 3 heterocycles. The average Bonchev–Trinajstić information content (AvgIpc) is 3.23. The summed E-state index contributed by atoms with van der Waals surface area (Å²) in [5.74, 6) is -1.68. The second-order valence-electron chi connectivity index (χ2n) is 8.26. The van der Waals surface area contributed by atoms with Crippen LogP contribution in [-0.4, -0.2) is 34.1 Å². The fraction of sp³-hybridized carbons (Fsp3) is 0.0385. The molecular formula is C26H18ClFN4O4S. The van der Waals surface area contributed by atoms with Crippen molar-refractivity contribution >= 4 is 33.1 Å². The van der Waals surface area contributed by atoms with Gasteiger partial charge in [-0.3, -0.25) is 4.98 Å². The standard InChI is InChI=1S/C26H18ClFN4O4S/c27-21-6-5-19(26(33)34)20(25(21)37(29,35)36)13-15-9-12-32-22(14-15)23(16-7-10-30-11-8-16)24(31-32)17-1-3-18(28)4-2-17/h1-12,14H,13H2,(H,33,34)(H2,29,35,36). The summed E-state index contributed by atoms with van der Waals surface area (Å²) in [5.41, 5.74) is 3.87. The zero-order valence-electron chi connectivity index (χ0n) is 19.0. The lowest BCUT2D eigenvalue weighted by Crippen LogP contribution is -2.18. The number of primary sulfonamides is 1. The molecule has 0 unspecified atom stereocenters. The van der Waals surface area contributed by atoms with Gasteiger partial charge in [-0.2, -0.15) is 5.10 Å². The molecule has 186 valence electrons. The third-order valence-corrected chi connectivity index (χ3v) is 7.36. The lowest BCUT2D eigenvalue weighted by atomic mass is 9.97. The van der Waals surface area contributed by atoms with Crippen LogP contribution in [-0.2, 0) is 16.4 Å². The zero-order valence-corrected chi connectivity index (χ0v) is 20.5. The summed E-state index contributed by atoms with van der Waals surface area (Å²) in [6.07, 6.45) is 4.89. The molecule has 0 radical (unpaired) electrons. The van der Waals surface area contributed by atoms with Gasteiger partial charge in [-0.25, -0.2) is 27.3 Å². The summed E-state index contributed by atoms with van der Waals surface area (Å²) in [7, 11) is -4.32. The summed E-state index contributed by atoms with van der Waals surface area (Å²) in [6.45, 7) is 0. The zero-order chi connectivity index (χ0) is 26.3. The second kappa shape index (κ2) is 9.40. The Morgan fingerprint density at radius 2 is 1.73 bits per heavy atom. The van der Waals surface area contributed by atoms with Gasteiger partial charge in [0.25, 0.3) is 0 Å². The van der Waals surface area contributed by atoms with Crippen molar-refractivity contribution in [3.8, 4) is 22.4 Å². The first-order valence-corrected chi connectivity index (χ1v) is 12.8. The van der Waals surface area contributed by atoms with Crippen molar-refractivity contribution in [2.24, 2.45) is 5.14 Å². The van der Waals surface area contributed by atoms with Gasteiger partial charge in [0.15, 0.2) is 0 Å². The molecule has 0 atom stereocenters. The second-order valence-corrected chi connectivity index (χ2v) is 10.2. The number of carboxylic acid groups (broad SMARTS) is 1. The van der Waals surface area contributed by atoms with Crippen molar-refractivity contribution in [3.63, 3.8) is 0 Å². The monoisotopic (exact) mass is 536 g/mol. The quantitative estimate of drug-likeness (QED) is 0.321. The Morgan fingerprint density at radius 3 is 2.38 bits per heavy atom. The largest absolute Gasteiger partial charge is 0.478 e. The summed E-state index contributed by atoms with van der Waals surface area (Å²) in [4.78, 5) is 15.6. The van der Waals surface area contributed by atoms with Gasteiger partial charge in [-0.15, -0.1) is 0 Å². The molecular weight excluding hydrogens is 519 g/mol. The van der Waals surface area contributed by atoms with E-state index >= 15 is 0 Å². The molecule has 2 aromatic carbocycles. The molecule has 0 fully saturated rings. The van der Waals surface area contributed by atoms with E-state index in [1.807, 2.05) is 12.1 Å². The van der Waals surface area contributed by atoms with Gasteiger partial charge >= 0.3 is 5.97 Å². The van der Waals surface area contributed by atoms with Crippen LogP contribution in [0.5, 0.6) is 0 Å². The number of carboxylic acids is 1. The van der Waals surface area contributed by atoms with Gasteiger partial charge in [0, 0.05) is 29.7 Å². The van der Waals surface area contributed by atoms with Gasteiger partial charge in [-0.1, -0.05) is 11.6 Å². The minimum Gasteiger partial charge on any atom is -0.478 e. The van der Waals surface area contributed by atoms with E-state index in [0.717, 1.165) is 11.1 Å². The highest BCUT2D eigenvalue weighted by atomic mass is 35.5. The SMILES string of the molecule is NS(=O)(=O)c1c(Cl)ccc(C(=O)O)c1Cc1ccn2nc(-c3ccc(F)cc3)c(-c3ccncc3)c2c1. The van der Waals surface area contributed by atoms with Crippen LogP contribution in [0.25, 0.3) is 27.9 Å². The van der Waals surface area contributed by atoms with E-state index in [2.05, 4.69) is 4.98 Å².